The molecule has 4 nitrogen and oxygen atoms in total. The predicted octanol–water partition coefficient (Wildman–Crippen LogP) is 2.80. The Kier molecular flexibility index (Phi) is 3.76. The van der Waals surface area contributed by atoms with Gasteiger partial charge in [0.05, 0.1) is 18.3 Å². The maximum atomic E-state index is 12.4. The van der Waals surface area contributed by atoms with Gasteiger partial charge in [-0.1, -0.05) is 26.0 Å². The van der Waals surface area contributed by atoms with Crippen molar-refractivity contribution in [2.75, 3.05) is 13.7 Å². The quantitative estimate of drug-likeness (QED) is 0.800. The molecule has 2 fully saturated rings. The Bertz CT molecular complexity index is 537. The standard InChI is InChI=1S/C17H22O4/c1-17(2)14-13(7-8-20-14)15(17)21-16(18)12-6-4-5-11(9-12)10-19-3/h4-6,9,13-15H,7-8,10H2,1-3H3/t13-,14+,15+/m0/s1. The van der Waals surface area contributed by atoms with Crippen molar-refractivity contribution in [1.29, 1.82) is 0 Å². The van der Waals surface area contributed by atoms with Crippen LogP contribution in [-0.4, -0.2) is 31.9 Å². The highest BCUT2D eigenvalue weighted by Gasteiger charge is 2.61. The minimum absolute atomic E-state index is 0.0522. The van der Waals surface area contributed by atoms with Crippen molar-refractivity contribution in [1.82, 2.24) is 0 Å². The van der Waals surface area contributed by atoms with Crippen molar-refractivity contribution < 1.29 is 19.0 Å². The number of benzene rings is 1. The zero-order chi connectivity index (χ0) is 15.0. The van der Waals surface area contributed by atoms with Gasteiger partial charge in [-0.15, -0.1) is 0 Å². The average molecular weight is 290 g/mol. The Hall–Kier alpha value is -1.39. The molecule has 3 atom stereocenters. The van der Waals surface area contributed by atoms with Crippen LogP contribution in [-0.2, 0) is 20.8 Å². The maximum absolute atomic E-state index is 12.4. The second-order valence-corrected chi connectivity index (χ2v) is 6.52. The third-order valence-electron chi connectivity index (χ3n) is 4.70. The second-order valence-electron chi connectivity index (χ2n) is 6.52. The van der Waals surface area contributed by atoms with Gasteiger partial charge in [0.15, 0.2) is 0 Å². The van der Waals surface area contributed by atoms with Crippen LogP contribution < -0.4 is 0 Å². The van der Waals surface area contributed by atoms with E-state index in [1.807, 2.05) is 18.2 Å². The molecule has 0 unspecified atom stereocenters. The molecule has 0 N–H and O–H groups in total. The molecule has 1 aliphatic heterocycles. The number of fused-ring (bicyclic) bond motifs is 1. The molecule has 114 valence electrons. The lowest BCUT2D eigenvalue weighted by molar-refractivity contribution is -0.183. The molecule has 0 spiro atoms. The summed E-state index contributed by atoms with van der Waals surface area (Å²) >= 11 is 0. The molecule has 0 amide bonds. The van der Waals surface area contributed by atoms with E-state index >= 15 is 0 Å². The van der Waals surface area contributed by atoms with E-state index in [0.717, 1.165) is 18.6 Å². The number of carbonyl (C=O) groups is 1. The van der Waals surface area contributed by atoms with E-state index in [9.17, 15) is 4.79 Å². The number of hydrogen-bond acceptors (Lipinski definition) is 4. The molecule has 1 aliphatic carbocycles. The number of methoxy groups -OCH3 is 1. The number of ether oxygens (including phenoxy) is 3. The first-order chi connectivity index (χ1) is 10.0. The first-order valence-corrected chi connectivity index (χ1v) is 7.44. The molecule has 0 radical (unpaired) electrons. The topological polar surface area (TPSA) is 44.8 Å². The van der Waals surface area contributed by atoms with Crippen LogP contribution in [0.25, 0.3) is 0 Å². The molecule has 0 bridgehead atoms. The molecular weight excluding hydrogens is 268 g/mol. The molecular formula is C17H22O4. The molecule has 1 aromatic rings. The summed E-state index contributed by atoms with van der Waals surface area (Å²) in [4.78, 5) is 12.4. The van der Waals surface area contributed by atoms with Crippen LogP contribution in [0.2, 0.25) is 0 Å². The fourth-order valence-electron chi connectivity index (χ4n) is 3.66. The zero-order valence-electron chi connectivity index (χ0n) is 12.8. The van der Waals surface area contributed by atoms with Crippen LogP contribution in [0.15, 0.2) is 24.3 Å². The van der Waals surface area contributed by atoms with Gasteiger partial charge < -0.3 is 14.2 Å². The van der Waals surface area contributed by atoms with Crippen molar-refractivity contribution >= 4 is 5.97 Å². The van der Waals surface area contributed by atoms with Gasteiger partial charge in [0.25, 0.3) is 0 Å². The fourth-order valence-corrected chi connectivity index (χ4v) is 3.66. The van der Waals surface area contributed by atoms with Crippen LogP contribution in [0.5, 0.6) is 0 Å². The van der Waals surface area contributed by atoms with Gasteiger partial charge in [-0.05, 0) is 24.1 Å². The van der Waals surface area contributed by atoms with E-state index in [4.69, 9.17) is 14.2 Å². The van der Waals surface area contributed by atoms with Gasteiger partial charge in [-0.2, -0.15) is 0 Å². The molecule has 0 aromatic heterocycles. The van der Waals surface area contributed by atoms with Crippen molar-refractivity contribution in [2.24, 2.45) is 11.3 Å². The summed E-state index contributed by atoms with van der Waals surface area (Å²) in [6.45, 7) is 5.49. The van der Waals surface area contributed by atoms with Crippen molar-refractivity contribution in [2.45, 2.75) is 39.1 Å². The number of hydrogen-bond donors (Lipinski definition) is 0. The molecule has 1 saturated heterocycles. The van der Waals surface area contributed by atoms with Gasteiger partial charge >= 0.3 is 5.97 Å². The Labute approximate surface area is 125 Å². The third kappa shape index (κ3) is 2.47. The summed E-state index contributed by atoms with van der Waals surface area (Å²) < 4.78 is 16.6. The SMILES string of the molecule is COCc1cccc(C(=O)O[C@@H]2[C@H]3CCO[C@H]3C2(C)C)c1. The predicted molar refractivity (Wildman–Crippen MR) is 78.0 cm³/mol. The largest absolute Gasteiger partial charge is 0.458 e. The van der Waals surface area contributed by atoms with Crippen molar-refractivity contribution in [3.05, 3.63) is 35.4 Å². The molecule has 3 rings (SSSR count). The molecule has 4 heteroatoms. The molecule has 1 aromatic carbocycles. The van der Waals surface area contributed by atoms with Gasteiger partial charge in [0.2, 0.25) is 0 Å². The van der Waals surface area contributed by atoms with E-state index in [2.05, 4.69) is 13.8 Å². The Morgan fingerprint density at radius 3 is 3.00 bits per heavy atom. The smallest absolute Gasteiger partial charge is 0.338 e. The summed E-state index contributed by atoms with van der Waals surface area (Å²) in [6.07, 6.45) is 1.16. The highest BCUT2D eigenvalue weighted by Crippen LogP contribution is 2.53. The normalized spacial score (nSPS) is 29.6. The van der Waals surface area contributed by atoms with Gasteiger partial charge in [0.1, 0.15) is 6.10 Å². The monoisotopic (exact) mass is 290 g/mol. The summed E-state index contributed by atoms with van der Waals surface area (Å²) in [5.41, 5.74) is 1.46. The van der Waals surface area contributed by atoms with Crippen LogP contribution in [0.4, 0.5) is 0 Å². The minimum Gasteiger partial charge on any atom is -0.458 e. The number of esters is 1. The zero-order valence-corrected chi connectivity index (χ0v) is 12.8. The van der Waals surface area contributed by atoms with Crippen LogP contribution in [0.1, 0.15) is 36.2 Å². The molecule has 2 aliphatic rings. The lowest BCUT2D eigenvalue weighted by Crippen LogP contribution is -2.61. The Morgan fingerprint density at radius 2 is 2.24 bits per heavy atom. The van der Waals surface area contributed by atoms with E-state index in [0.29, 0.717) is 18.1 Å². The van der Waals surface area contributed by atoms with Crippen LogP contribution >= 0.6 is 0 Å². The summed E-state index contributed by atoms with van der Waals surface area (Å²) in [5.74, 6) is 0.0995. The third-order valence-corrected chi connectivity index (χ3v) is 4.70. The average Bonchev–Trinajstić information content (AvgIpc) is 2.92. The van der Waals surface area contributed by atoms with Gasteiger partial charge in [-0.3, -0.25) is 0 Å². The molecule has 1 saturated carbocycles. The first-order valence-electron chi connectivity index (χ1n) is 7.44. The van der Waals surface area contributed by atoms with Crippen molar-refractivity contribution in [3.63, 3.8) is 0 Å². The lowest BCUT2D eigenvalue weighted by atomic mass is 9.59. The summed E-state index contributed by atoms with van der Waals surface area (Å²) in [5, 5.41) is 0. The Balaban J connectivity index is 1.70. The summed E-state index contributed by atoms with van der Waals surface area (Å²) in [6, 6.07) is 7.42. The molecule has 1 heterocycles. The fraction of sp³-hybridized carbons (Fsp3) is 0.588. The lowest BCUT2D eigenvalue weighted by Gasteiger charge is -2.53. The summed E-state index contributed by atoms with van der Waals surface area (Å²) in [7, 11) is 1.64. The van der Waals surface area contributed by atoms with Crippen molar-refractivity contribution in [3.8, 4) is 0 Å². The van der Waals surface area contributed by atoms with E-state index in [1.165, 1.54) is 0 Å². The van der Waals surface area contributed by atoms with E-state index in [-0.39, 0.29) is 23.6 Å². The second kappa shape index (κ2) is 5.43. The maximum Gasteiger partial charge on any atom is 0.338 e. The van der Waals surface area contributed by atoms with Crippen LogP contribution in [0.3, 0.4) is 0 Å². The van der Waals surface area contributed by atoms with Gasteiger partial charge in [0, 0.05) is 25.0 Å². The van der Waals surface area contributed by atoms with E-state index < -0.39 is 0 Å². The minimum atomic E-state index is -0.253. The number of rotatable bonds is 4. The van der Waals surface area contributed by atoms with Crippen LogP contribution in [0, 0.1) is 11.3 Å². The highest BCUT2D eigenvalue weighted by molar-refractivity contribution is 5.89. The highest BCUT2D eigenvalue weighted by atomic mass is 16.6. The first kappa shape index (κ1) is 14.5. The van der Waals surface area contributed by atoms with Gasteiger partial charge in [-0.25, -0.2) is 4.79 Å². The molecule has 21 heavy (non-hydrogen) atoms. The van der Waals surface area contributed by atoms with E-state index in [1.54, 1.807) is 13.2 Å². The Morgan fingerprint density at radius 1 is 1.43 bits per heavy atom. The number of carbonyl (C=O) groups excluding carboxylic acids is 1.